The number of nitrogens with zero attached hydrogens (tertiary/aromatic N) is 1. The van der Waals surface area contributed by atoms with Crippen molar-refractivity contribution >= 4 is 11.3 Å². The maximum absolute atomic E-state index is 6.37. The predicted octanol–water partition coefficient (Wildman–Crippen LogP) is 5.53. The van der Waals surface area contributed by atoms with Crippen molar-refractivity contribution in [2.45, 2.75) is 26.4 Å². The van der Waals surface area contributed by atoms with Crippen LogP contribution in [0.5, 0.6) is 11.5 Å². The number of thiophene rings is 1. The zero-order chi connectivity index (χ0) is 21.0. The molecular formula is C26H29NO3S. The van der Waals surface area contributed by atoms with E-state index in [1.54, 1.807) is 11.3 Å². The summed E-state index contributed by atoms with van der Waals surface area (Å²) in [5, 5.41) is 4.38. The van der Waals surface area contributed by atoms with Crippen LogP contribution in [0.25, 0.3) is 11.1 Å². The van der Waals surface area contributed by atoms with Crippen molar-refractivity contribution in [3.8, 4) is 22.6 Å². The Bertz CT molecular complexity index is 1010. The maximum Gasteiger partial charge on any atom is 0.165 e. The van der Waals surface area contributed by atoms with Gasteiger partial charge in [-0.15, -0.1) is 0 Å². The predicted molar refractivity (Wildman–Crippen MR) is 125 cm³/mol. The van der Waals surface area contributed by atoms with E-state index in [1.807, 2.05) is 0 Å². The van der Waals surface area contributed by atoms with E-state index >= 15 is 0 Å². The molecule has 0 spiro atoms. The van der Waals surface area contributed by atoms with Crippen LogP contribution in [0.15, 0.2) is 53.2 Å². The van der Waals surface area contributed by atoms with Crippen LogP contribution in [0.1, 0.15) is 23.1 Å². The van der Waals surface area contributed by atoms with Crippen molar-refractivity contribution in [1.82, 2.24) is 4.90 Å². The number of rotatable bonds is 6. The minimum atomic E-state index is 0.457. The molecule has 1 fully saturated rings. The van der Waals surface area contributed by atoms with Crippen molar-refractivity contribution in [3.63, 3.8) is 0 Å². The summed E-state index contributed by atoms with van der Waals surface area (Å²) in [5.74, 6) is 2.22. The first-order chi connectivity index (χ1) is 15.3. The minimum Gasteiger partial charge on any atom is -0.489 e. The molecule has 1 unspecified atom stereocenters. The van der Waals surface area contributed by atoms with Crippen LogP contribution in [0.4, 0.5) is 0 Å². The largest absolute Gasteiger partial charge is 0.489 e. The second-order valence-corrected chi connectivity index (χ2v) is 9.29. The van der Waals surface area contributed by atoms with E-state index < -0.39 is 0 Å². The molecule has 0 radical (unpaired) electrons. The van der Waals surface area contributed by atoms with E-state index in [0.29, 0.717) is 19.1 Å². The lowest BCUT2D eigenvalue weighted by molar-refractivity contribution is 0.164. The van der Waals surface area contributed by atoms with Crippen LogP contribution < -0.4 is 9.47 Å². The van der Waals surface area contributed by atoms with Crippen LogP contribution in [-0.4, -0.2) is 37.9 Å². The number of hydrogen-bond acceptors (Lipinski definition) is 5. The SMILES string of the molecule is Cc1ccccc1-c1cc2c(c(OCC3CCOC3)c1)OCCN(Cc1ccsc1)C2. The van der Waals surface area contributed by atoms with Crippen LogP contribution in [0.3, 0.4) is 0 Å². The minimum absolute atomic E-state index is 0.457. The molecular weight excluding hydrogens is 406 g/mol. The molecule has 1 aromatic heterocycles. The molecule has 31 heavy (non-hydrogen) atoms. The lowest BCUT2D eigenvalue weighted by atomic mass is 9.97. The molecule has 5 rings (SSSR count). The van der Waals surface area contributed by atoms with Gasteiger partial charge in [-0.3, -0.25) is 4.90 Å². The van der Waals surface area contributed by atoms with Gasteiger partial charge in [0.2, 0.25) is 0 Å². The molecule has 1 saturated heterocycles. The van der Waals surface area contributed by atoms with Crippen molar-refractivity contribution in [2.75, 3.05) is 33.0 Å². The molecule has 0 amide bonds. The van der Waals surface area contributed by atoms with Gasteiger partial charge in [-0.25, -0.2) is 0 Å². The molecule has 4 nitrogen and oxygen atoms in total. The van der Waals surface area contributed by atoms with Crippen molar-refractivity contribution in [3.05, 3.63) is 69.9 Å². The number of ether oxygens (including phenoxy) is 3. The van der Waals surface area contributed by atoms with E-state index in [1.165, 1.54) is 27.8 Å². The molecule has 162 valence electrons. The van der Waals surface area contributed by atoms with Crippen molar-refractivity contribution in [2.24, 2.45) is 5.92 Å². The Morgan fingerprint density at radius 3 is 2.90 bits per heavy atom. The summed E-state index contributed by atoms with van der Waals surface area (Å²) in [5.41, 5.74) is 6.26. The van der Waals surface area contributed by atoms with Gasteiger partial charge in [0.1, 0.15) is 6.61 Å². The van der Waals surface area contributed by atoms with E-state index in [0.717, 1.165) is 50.8 Å². The monoisotopic (exact) mass is 435 g/mol. The van der Waals surface area contributed by atoms with Gasteiger partial charge in [-0.2, -0.15) is 11.3 Å². The van der Waals surface area contributed by atoms with Gasteiger partial charge >= 0.3 is 0 Å². The summed E-state index contributed by atoms with van der Waals surface area (Å²) in [6.07, 6.45) is 1.06. The van der Waals surface area contributed by atoms with Crippen molar-refractivity contribution < 1.29 is 14.2 Å². The lowest BCUT2D eigenvalue weighted by Gasteiger charge is -2.20. The van der Waals surface area contributed by atoms with Gasteiger partial charge in [0.05, 0.1) is 13.2 Å². The average Bonchev–Trinajstić information content (AvgIpc) is 3.44. The third-order valence-electron chi connectivity index (χ3n) is 6.12. The molecule has 3 heterocycles. The van der Waals surface area contributed by atoms with Crippen LogP contribution in [0, 0.1) is 12.8 Å². The molecule has 0 N–H and O–H groups in total. The molecule has 3 aromatic rings. The Morgan fingerprint density at radius 2 is 2.10 bits per heavy atom. The normalized spacial score (nSPS) is 18.9. The van der Waals surface area contributed by atoms with Crippen LogP contribution >= 0.6 is 11.3 Å². The number of hydrogen-bond donors (Lipinski definition) is 0. The summed E-state index contributed by atoms with van der Waals surface area (Å²) in [6.45, 7) is 7.83. The molecule has 1 atom stereocenters. The zero-order valence-corrected chi connectivity index (χ0v) is 18.8. The molecule has 0 bridgehead atoms. The Hall–Kier alpha value is -2.34. The van der Waals surface area contributed by atoms with Gasteiger partial charge in [0, 0.05) is 37.7 Å². The third-order valence-corrected chi connectivity index (χ3v) is 6.85. The van der Waals surface area contributed by atoms with Gasteiger partial charge in [0.25, 0.3) is 0 Å². The standard InChI is InChI=1S/C26H29NO3S/c1-19-4-2-3-5-24(19)22-12-23-15-27(14-20-7-11-31-18-20)8-10-29-26(23)25(13-22)30-17-21-6-9-28-16-21/h2-5,7,11-13,18,21H,6,8-10,14-17H2,1H3. The highest BCUT2D eigenvalue weighted by molar-refractivity contribution is 7.07. The average molecular weight is 436 g/mol. The first-order valence-electron chi connectivity index (χ1n) is 11.1. The first kappa shape index (κ1) is 20.6. The summed E-state index contributed by atoms with van der Waals surface area (Å²) in [4.78, 5) is 2.46. The van der Waals surface area contributed by atoms with E-state index in [2.05, 4.69) is 65.0 Å². The molecule has 2 aliphatic heterocycles. The van der Waals surface area contributed by atoms with Gasteiger partial charge in [0.15, 0.2) is 11.5 Å². The molecule has 0 saturated carbocycles. The van der Waals surface area contributed by atoms with E-state index in [-0.39, 0.29) is 0 Å². The fraction of sp³-hybridized carbons (Fsp3) is 0.385. The molecule has 2 aromatic carbocycles. The molecule has 2 aliphatic rings. The first-order valence-corrected chi connectivity index (χ1v) is 12.0. The zero-order valence-electron chi connectivity index (χ0n) is 18.0. The number of fused-ring (bicyclic) bond motifs is 1. The highest BCUT2D eigenvalue weighted by atomic mass is 32.1. The summed E-state index contributed by atoms with van der Waals surface area (Å²) in [7, 11) is 0. The lowest BCUT2D eigenvalue weighted by Crippen LogP contribution is -2.24. The topological polar surface area (TPSA) is 30.9 Å². The number of benzene rings is 2. The Labute approximate surface area is 188 Å². The van der Waals surface area contributed by atoms with E-state index in [4.69, 9.17) is 14.2 Å². The van der Waals surface area contributed by atoms with Crippen LogP contribution in [0.2, 0.25) is 0 Å². The van der Waals surface area contributed by atoms with E-state index in [9.17, 15) is 0 Å². The second-order valence-electron chi connectivity index (χ2n) is 8.51. The maximum atomic E-state index is 6.37. The van der Waals surface area contributed by atoms with Gasteiger partial charge in [-0.1, -0.05) is 24.3 Å². The molecule has 5 heteroatoms. The Kier molecular flexibility index (Phi) is 6.25. The quantitative estimate of drug-likeness (QED) is 0.509. The summed E-state index contributed by atoms with van der Waals surface area (Å²) in [6, 6.07) is 15.2. The smallest absolute Gasteiger partial charge is 0.165 e. The fourth-order valence-corrected chi connectivity index (χ4v) is 5.06. The van der Waals surface area contributed by atoms with Crippen LogP contribution in [-0.2, 0) is 17.8 Å². The Balaban J connectivity index is 1.48. The Morgan fingerprint density at radius 1 is 1.16 bits per heavy atom. The molecule has 0 aliphatic carbocycles. The van der Waals surface area contributed by atoms with Gasteiger partial charge in [-0.05, 0) is 64.6 Å². The summed E-state index contributed by atoms with van der Waals surface area (Å²) < 4.78 is 18.2. The second kappa shape index (κ2) is 9.43. The number of aryl methyl sites for hydroxylation is 1. The third kappa shape index (κ3) is 4.79. The summed E-state index contributed by atoms with van der Waals surface area (Å²) >= 11 is 1.75. The fourth-order valence-electron chi connectivity index (χ4n) is 4.40. The highest BCUT2D eigenvalue weighted by Gasteiger charge is 2.23. The van der Waals surface area contributed by atoms with Crippen molar-refractivity contribution in [1.29, 1.82) is 0 Å². The highest BCUT2D eigenvalue weighted by Crippen LogP contribution is 2.40. The van der Waals surface area contributed by atoms with Gasteiger partial charge < -0.3 is 14.2 Å².